The number of carboxylic acid groups (broad SMARTS) is 7. The van der Waals surface area contributed by atoms with Crippen LogP contribution in [0.5, 0.6) is 0 Å². The second kappa shape index (κ2) is 37.5. The van der Waals surface area contributed by atoms with Crippen LogP contribution in [0.1, 0.15) is 72.5 Å². The van der Waals surface area contributed by atoms with Crippen LogP contribution in [0.4, 0.5) is 0 Å². The van der Waals surface area contributed by atoms with Crippen LogP contribution in [0.15, 0.2) is 212 Å². The van der Waals surface area contributed by atoms with E-state index in [1.165, 1.54) is 0 Å². The van der Waals surface area contributed by atoms with Crippen molar-refractivity contribution < 1.29 is 69.3 Å². The van der Waals surface area contributed by atoms with E-state index in [1.807, 2.05) is 0 Å². The zero-order valence-electron chi connectivity index (χ0n) is 33.2. The first-order chi connectivity index (χ1) is 30.1. The van der Waals surface area contributed by atoms with Crippen molar-refractivity contribution in [2.75, 3.05) is 0 Å². The molecule has 0 fully saturated rings. The van der Waals surface area contributed by atoms with E-state index in [-0.39, 0.29) is 103 Å². The van der Waals surface area contributed by atoms with Gasteiger partial charge < -0.3 is 35.7 Å². The van der Waals surface area contributed by atoms with Gasteiger partial charge in [-0.25, -0.2) is 33.6 Å². The van der Waals surface area contributed by atoms with E-state index in [1.54, 1.807) is 212 Å². The van der Waals surface area contributed by atoms with Gasteiger partial charge in [0.05, 0.1) is 38.9 Å². The first kappa shape index (κ1) is 61.2. The Hall–Kier alpha value is -5.90. The van der Waals surface area contributed by atoms with Crippen LogP contribution in [0.3, 0.4) is 0 Å². The van der Waals surface area contributed by atoms with Crippen molar-refractivity contribution in [3.8, 4) is 0 Å². The molecule has 0 radical (unpaired) electrons. The number of carbonyl (C=O) groups is 7. The summed E-state index contributed by atoms with van der Waals surface area (Å²) < 4.78 is 0. The summed E-state index contributed by atoms with van der Waals surface area (Å²) in [4.78, 5) is 71.4. The number of hydrogen-bond donors (Lipinski definition) is 7. The van der Waals surface area contributed by atoms with Gasteiger partial charge in [-0.2, -0.15) is 0 Å². The van der Waals surface area contributed by atoms with Crippen molar-refractivity contribution in [2.45, 2.75) is 0 Å². The maximum atomic E-state index is 10.2. The fourth-order valence-corrected chi connectivity index (χ4v) is 4.07. The van der Waals surface area contributed by atoms with Gasteiger partial charge >= 0.3 is 145 Å². The van der Waals surface area contributed by atoms with E-state index >= 15 is 0 Å². The Morgan fingerprint density at radius 3 is 0.308 bits per heavy atom. The Kier molecular flexibility index (Phi) is 35.3. The first-order valence-electron chi connectivity index (χ1n) is 18.1. The van der Waals surface area contributed by atoms with Gasteiger partial charge in [0, 0.05) is 0 Å². The molecule has 0 aromatic heterocycles. The summed E-state index contributed by atoms with van der Waals surface area (Å²) in [6, 6.07) is 58.1. The van der Waals surface area contributed by atoms with Gasteiger partial charge in [0.1, 0.15) is 0 Å². The third-order valence-electron chi connectivity index (χ3n) is 7.15. The van der Waals surface area contributed by atoms with Gasteiger partial charge in [0.15, 0.2) is 0 Å². The summed E-state index contributed by atoms with van der Waals surface area (Å²) >= 11 is 0. The summed E-state index contributed by atoms with van der Waals surface area (Å²) in [5.41, 5.74) is 2.32. The molecule has 326 valence electrons. The molecule has 0 spiro atoms. The van der Waals surface area contributed by atoms with Crippen molar-refractivity contribution >= 4 is 145 Å². The van der Waals surface area contributed by atoms with Crippen LogP contribution in [0.25, 0.3) is 0 Å². The van der Waals surface area contributed by atoms with E-state index in [0.29, 0.717) is 38.9 Å². The maximum absolute atomic E-state index is 10.2. The number of hydrogen-bond acceptors (Lipinski definition) is 7. The minimum absolute atomic E-state index is 0. The predicted molar refractivity (Wildman–Crippen MR) is 248 cm³/mol. The Bertz CT molecular complexity index is 1920. The Morgan fingerprint density at radius 1 is 0.185 bits per heavy atom. The van der Waals surface area contributed by atoms with Crippen LogP contribution >= 0.6 is 0 Å². The number of rotatable bonds is 7. The molecule has 0 saturated carbocycles. The first-order valence-corrected chi connectivity index (χ1v) is 18.1. The zero-order valence-corrected chi connectivity index (χ0v) is 33.2. The molecule has 65 heavy (non-hydrogen) atoms. The second-order valence-electron chi connectivity index (χ2n) is 11.7. The summed E-state index contributed by atoms with van der Waals surface area (Å²) in [7, 11) is 0. The number of aromatic carboxylic acids is 7. The molecule has 0 unspecified atom stereocenters. The SMILES string of the molecule is O=C(O)c1ccccc1.O=C(O)c1ccccc1.O=C(O)c1ccccc1.O=C(O)c1ccccc1.O=C(O)c1ccccc1.O=C(O)c1ccccc1.O=C(O)c1ccccc1.[KH].[KH]. The normalized spacial score (nSPS) is 8.62. The summed E-state index contributed by atoms with van der Waals surface area (Å²) in [6.45, 7) is 0. The molecule has 0 atom stereocenters. The van der Waals surface area contributed by atoms with Gasteiger partial charge in [-0.15, -0.1) is 0 Å². The van der Waals surface area contributed by atoms with Crippen molar-refractivity contribution in [3.63, 3.8) is 0 Å². The monoisotopic (exact) mass is 934 g/mol. The molecular weight excluding hydrogens is 891 g/mol. The fourth-order valence-electron chi connectivity index (χ4n) is 4.07. The third kappa shape index (κ3) is 30.0. The Balaban J connectivity index is 0. The molecule has 16 heteroatoms. The minimum atomic E-state index is -0.879. The van der Waals surface area contributed by atoms with Crippen molar-refractivity contribution in [1.82, 2.24) is 0 Å². The standard InChI is InChI=1S/7C7H6O2.2K.2H/c7*8-7(9)6-4-2-1-3-5-6;;;;/h7*1-5H,(H,8,9);;;;. The van der Waals surface area contributed by atoms with Crippen LogP contribution in [0.2, 0.25) is 0 Å². The summed E-state index contributed by atoms with van der Waals surface area (Å²) in [6.07, 6.45) is 0. The molecule has 0 heterocycles. The molecule has 0 aliphatic rings. The molecule has 7 aromatic carbocycles. The molecule has 0 bridgehead atoms. The molecule has 0 amide bonds. The van der Waals surface area contributed by atoms with Gasteiger partial charge in [-0.3, -0.25) is 0 Å². The molecule has 7 rings (SSSR count). The Labute approximate surface area is 459 Å². The number of carboxylic acids is 7. The van der Waals surface area contributed by atoms with Crippen LogP contribution in [-0.2, 0) is 0 Å². The van der Waals surface area contributed by atoms with Crippen molar-refractivity contribution in [3.05, 3.63) is 251 Å². The molecular formula is C49H44K2O14. The van der Waals surface area contributed by atoms with Crippen molar-refractivity contribution in [2.24, 2.45) is 0 Å². The zero-order chi connectivity index (χ0) is 46.8. The van der Waals surface area contributed by atoms with E-state index < -0.39 is 41.8 Å². The summed E-state index contributed by atoms with van der Waals surface area (Å²) in [5.74, 6) is -6.15. The molecule has 0 aliphatic carbocycles. The van der Waals surface area contributed by atoms with E-state index in [2.05, 4.69) is 0 Å². The Morgan fingerprint density at radius 2 is 0.262 bits per heavy atom. The average Bonchev–Trinajstić information content (AvgIpc) is 3.32. The quantitative estimate of drug-likeness (QED) is 0.0741. The molecule has 0 saturated heterocycles. The van der Waals surface area contributed by atoms with Crippen LogP contribution < -0.4 is 0 Å². The second-order valence-corrected chi connectivity index (χ2v) is 11.7. The van der Waals surface area contributed by atoms with E-state index in [0.717, 1.165) is 0 Å². The number of benzene rings is 7. The topological polar surface area (TPSA) is 261 Å². The van der Waals surface area contributed by atoms with Gasteiger partial charge in [-0.1, -0.05) is 127 Å². The van der Waals surface area contributed by atoms with Crippen LogP contribution in [0, 0.1) is 0 Å². The van der Waals surface area contributed by atoms with E-state index in [9.17, 15) is 33.6 Å². The molecule has 14 nitrogen and oxygen atoms in total. The fraction of sp³-hybridized carbons (Fsp3) is 0. The third-order valence-corrected chi connectivity index (χ3v) is 7.15. The van der Waals surface area contributed by atoms with Gasteiger partial charge in [0.25, 0.3) is 0 Å². The van der Waals surface area contributed by atoms with Crippen molar-refractivity contribution in [1.29, 1.82) is 0 Å². The van der Waals surface area contributed by atoms with Gasteiger partial charge in [0.2, 0.25) is 0 Å². The van der Waals surface area contributed by atoms with Crippen LogP contribution in [-0.4, -0.2) is 180 Å². The van der Waals surface area contributed by atoms with E-state index in [4.69, 9.17) is 35.7 Å². The van der Waals surface area contributed by atoms with Gasteiger partial charge in [-0.05, 0) is 84.9 Å². The average molecular weight is 935 g/mol. The summed E-state index contributed by atoms with van der Waals surface area (Å²) in [5, 5.41) is 58.7. The molecule has 7 N–H and O–H groups in total. The molecule has 0 aliphatic heterocycles. The molecule has 7 aromatic rings. The predicted octanol–water partition coefficient (Wildman–Crippen LogP) is 8.40.